The lowest BCUT2D eigenvalue weighted by atomic mass is 10.2. The zero-order valence-corrected chi connectivity index (χ0v) is 15.4. The van der Waals surface area contributed by atoms with E-state index < -0.39 is 0 Å². The lowest BCUT2D eigenvalue weighted by Crippen LogP contribution is -1.80. The molecule has 0 radical (unpaired) electrons. The van der Waals surface area contributed by atoms with E-state index in [1.165, 1.54) is 11.8 Å². The Bertz CT molecular complexity index is 932. The Balaban J connectivity index is 1.42. The van der Waals surface area contributed by atoms with Crippen LogP contribution >= 0.6 is 35.0 Å². The summed E-state index contributed by atoms with van der Waals surface area (Å²) in [6.07, 6.45) is 0. The van der Waals surface area contributed by atoms with Crippen molar-refractivity contribution in [2.45, 2.75) is 11.0 Å². The van der Waals surface area contributed by atoms with E-state index in [2.05, 4.69) is 20.4 Å². The molecule has 4 rings (SSSR count). The minimum absolute atomic E-state index is 0.418. The van der Waals surface area contributed by atoms with E-state index >= 15 is 0 Å². The molecule has 0 atom stereocenters. The van der Waals surface area contributed by atoms with Gasteiger partial charge in [-0.15, -0.1) is 20.4 Å². The van der Waals surface area contributed by atoms with Crippen LogP contribution in [0.3, 0.4) is 0 Å². The van der Waals surface area contributed by atoms with Crippen LogP contribution < -0.4 is 0 Å². The van der Waals surface area contributed by atoms with Gasteiger partial charge in [-0.1, -0.05) is 35.0 Å². The number of aromatic nitrogens is 4. The number of halogens is 2. The summed E-state index contributed by atoms with van der Waals surface area (Å²) in [5.74, 6) is 1.75. The fourth-order valence-corrected chi connectivity index (χ4v) is 2.97. The van der Waals surface area contributed by atoms with Gasteiger partial charge in [0.2, 0.25) is 17.7 Å². The number of benzene rings is 2. The summed E-state index contributed by atoms with van der Waals surface area (Å²) < 4.78 is 11.3. The number of hydrogen-bond donors (Lipinski definition) is 0. The molecule has 4 aromatic rings. The van der Waals surface area contributed by atoms with Crippen molar-refractivity contribution >= 4 is 35.0 Å². The molecular formula is C17H10Cl2N4O2S. The lowest BCUT2D eigenvalue weighted by Gasteiger charge is -1.95. The summed E-state index contributed by atoms with van der Waals surface area (Å²) in [4.78, 5) is 0. The second-order valence-corrected chi connectivity index (χ2v) is 6.98. The molecule has 0 amide bonds. The van der Waals surface area contributed by atoms with E-state index in [-0.39, 0.29) is 0 Å². The van der Waals surface area contributed by atoms with Crippen molar-refractivity contribution in [1.82, 2.24) is 20.4 Å². The Morgan fingerprint density at radius 2 is 1.23 bits per heavy atom. The number of rotatable bonds is 5. The molecule has 0 spiro atoms. The Morgan fingerprint density at radius 1 is 0.692 bits per heavy atom. The Labute approximate surface area is 162 Å². The summed E-state index contributed by atoms with van der Waals surface area (Å²) in [6, 6.07) is 14.4. The lowest BCUT2D eigenvalue weighted by molar-refractivity contribution is 0.464. The minimum atomic E-state index is 0.418. The first-order valence-electron chi connectivity index (χ1n) is 7.48. The molecule has 0 unspecified atom stereocenters. The fourth-order valence-electron chi connectivity index (χ4n) is 2.12. The molecule has 9 heteroatoms. The van der Waals surface area contributed by atoms with E-state index in [1.54, 1.807) is 24.3 Å². The molecule has 0 bridgehead atoms. The summed E-state index contributed by atoms with van der Waals surface area (Å²) in [7, 11) is 0. The first kappa shape index (κ1) is 17.1. The molecule has 0 fully saturated rings. The summed E-state index contributed by atoms with van der Waals surface area (Å²) in [5, 5.41) is 17.8. The van der Waals surface area contributed by atoms with Crippen LogP contribution in [0.4, 0.5) is 0 Å². The molecule has 0 aliphatic rings. The van der Waals surface area contributed by atoms with Crippen LogP contribution in [0.2, 0.25) is 10.0 Å². The van der Waals surface area contributed by atoms with Gasteiger partial charge in [0.1, 0.15) is 0 Å². The normalized spacial score (nSPS) is 11.0. The van der Waals surface area contributed by atoms with Gasteiger partial charge < -0.3 is 8.83 Å². The fraction of sp³-hybridized carbons (Fsp3) is 0.0588. The highest BCUT2D eigenvalue weighted by Crippen LogP contribution is 2.27. The van der Waals surface area contributed by atoms with Gasteiger partial charge in [0, 0.05) is 21.2 Å². The molecule has 0 aliphatic carbocycles. The van der Waals surface area contributed by atoms with Crippen molar-refractivity contribution in [1.29, 1.82) is 0 Å². The highest BCUT2D eigenvalue weighted by atomic mass is 35.5. The average molecular weight is 405 g/mol. The van der Waals surface area contributed by atoms with Gasteiger partial charge in [-0.05, 0) is 48.5 Å². The van der Waals surface area contributed by atoms with E-state index in [0.717, 1.165) is 11.1 Å². The Kier molecular flexibility index (Phi) is 4.92. The highest BCUT2D eigenvalue weighted by Gasteiger charge is 2.13. The van der Waals surface area contributed by atoms with Crippen molar-refractivity contribution in [3.63, 3.8) is 0 Å². The summed E-state index contributed by atoms with van der Waals surface area (Å²) in [5.41, 5.74) is 1.61. The third-order valence-electron chi connectivity index (χ3n) is 3.37. The van der Waals surface area contributed by atoms with Crippen LogP contribution in [-0.4, -0.2) is 20.4 Å². The molecule has 2 aromatic heterocycles. The Morgan fingerprint density at radius 3 is 1.85 bits per heavy atom. The topological polar surface area (TPSA) is 77.8 Å². The van der Waals surface area contributed by atoms with Crippen LogP contribution in [0, 0.1) is 0 Å². The van der Waals surface area contributed by atoms with Crippen LogP contribution in [0.15, 0.2) is 62.6 Å². The van der Waals surface area contributed by atoms with Crippen molar-refractivity contribution < 1.29 is 8.83 Å². The minimum Gasteiger partial charge on any atom is -0.420 e. The first-order valence-corrected chi connectivity index (χ1v) is 9.22. The zero-order chi connectivity index (χ0) is 17.9. The summed E-state index contributed by atoms with van der Waals surface area (Å²) >= 11 is 13.1. The molecule has 130 valence electrons. The molecule has 0 N–H and O–H groups in total. The van der Waals surface area contributed by atoms with Gasteiger partial charge in [-0.25, -0.2) is 0 Å². The van der Waals surface area contributed by atoms with Gasteiger partial charge in [-0.3, -0.25) is 0 Å². The number of nitrogens with zero attached hydrogens (tertiary/aromatic N) is 4. The van der Waals surface area contributed by atoms with Crippen LogP contribution in [0.5, 0.6) is 0 Å². The van der Waals surface area contributed by atoms with Gasteiger partial charge in [-0.2, -0.15) is 0 Å². The molecule has 0 aliphatic heterocycles. The van der Waals surface area contributed by atoms with Crippen molar-refractivity contribution in [2.24, 2.45) is 0 Å². The molecule has 2 aromatic carbocycles. The molecule has 0 saturated carbocycles. The third kappa shape index (κ3) is 3.90. The second-order valence-electron chi connectivity index (χ2n) is 5.18. The number of hydrogen-bond acceptors (Lipinski definition) is 7. The quantitative estimate of drug-likeness (QED) is 0.412. The van der Waals surface area contributed by atoms with Gasteiger partial charge >= 0.3 is 0 Å². The predicted molar refractivity (Wildman–Crippen MR) is 99.0 cm³/mol. The smallest absolute Gasteiger partial charge is 0.277 e. The summed E-state index contributed by atoms with van der Waals surface area (Å²) in [6.45, 7) is 0. The molecular weight excluding hydrogens is 395 g/mol. The van der Waals surface area contributed by atoms with Gasteiger partial charge in [0.25, 0.3) is 5.22 Å². The first-order chi connectivity index (χ1) is 12.7. The zero-order valence-electron chi connectivity index (χ0n) is 13.1. The Hall–Kier alpha value is -2.35. The average Bonchev–Trinajstić information content (AvgIpc) is 3.31. The maximum Gasteiger partial charge on any atom is 0.277 e. The largest absolute Gasteiger partial charge is 0.420 e. The van der Waals surface area contributed by atoms with Crippen LogP contribution in [0.1, 0.15) is 5.89 Å². The SMILES string of the molecule is Clc1ccc(-c2nnc(CSc3nnc(-c4ccc(Cl)cc4)o3)o2)cc1. The highest BCUT2D eigenvalue weighted by molar-refractivity contribution is 7.98. The van der Waals surface area contributed by atoms with Crippen molar-refractivity contribution in [2.75, 3.05) is 0 Å². The maximum atomic E-state index is 5.88. The number of thioether (sulfide) groups is 1. The van der Waals surface area contributed by atoms with Gasteiger partial charge in [0.15, 0.2) is 0 Å². The molecule has 2 heterocycles. The van der Waals surface area contributed by atoms with E-state index in [9.17, 15) is 0 Å². The van der Waals surface area contributed by atoms with Crippen molar-refractivity contribution in [3.8, 4) is 22.9 Å². The standard InChI is InChI=1S/C17H10Cl2N4O2S/c18-12-5-1-10(2-6-12)15-21-20-14(24-15)9-26-17-23-22-16(25-17)11-3-7-13(19)8-4-11/h1-8H,9H2. The maximum absolute atomic E-state index is 5.88. The van der Waals surface area contributed by atoms with Gasteiger partial charge in [0.05, 0.1) is 5.75 Å². The van der Waals surface area contributed by atoms with Crippen LogP contribution in [-0.2, 0) is 5.75 Å². The third-order valence-corrected chi connectivity index (χ3v) is 4.68. The van der Waals surface area contributed by atoms with E-state index in [0.29, 0.717) is 38.7 Å². The van der Waals surface area contributed by atoms with Crippen molar-refractivity contribution in [3.05, 3.63) is 64.5 Å². The second kappa shape index (κ2) is 7.49. The molecule has 0 saturated heterocycles. The monoisotopic (exact) mass is 404 g/mol. The predicted octanol–water partition coefficient (Wildman–Crippen LogP) is 5.39. The van der Waals surface area contributed by atoms with Crippen LogP contribution in [0.25, 0.3) is 22.9 Å². The molecule has 26 heavy (non-hydrogen) atoms. The molecule has 6 nitrogen and oxygen atoms in total. The van der Waals surface area contributed by atoms with E-state index in [1.807, 2.05) is 24.3 Å². The van der Waals surface area contributed by atoms with E-state index in [4.69, 9.17) is 32.0 Å².